The first kappa shape index (κ1) is 7.32. The van der Waals surface area contributed by atoms with E-state index in [-0.39, 0.29) is 0 Å². The normalized spacial score (nSPS) is 29.0. The Bertz CT molecular complexity index is 250. The maximum atomic E-state index is 3.58. The molecule has 0 aromatic heterocycles. The summed E-state index contributed by atoms with van der Waals surface area (Å²) in [6.07, 6.45) is 9.94. The maximum Gasteiger partial charge on any atom is 0.0891 e. The van der Waals surface area contributed by atoms with Crippen LogP contribution in [0.4, 0.5) is 0 Å². The van der Waals surface area contributed by atoms with Gasteiger partial charge in [0.1, 0.15) is 0 Å². The number of alkyl halides is 1. The molecule has 1 aliphatic heterocycles. The molecule has 1 atom stereocenters. The average Bonchev–Trinajstić information content (AvgIpc) is 2.06. The molecule has 2 aliphatic rings. The Labute approximate surface area is 75.0 Å². The van der Waals surface area contributed by atoms with Crippen LogP contribution in [0.2, 0.25) is 0 Å². The van der Waals surface area contributed by atoms with Crippen molar-refractivity contribution in [1.82, 2.24) is 5.32 Å². The standard InChI is InChI=1S/C9H10BrN/c10-9-8-4-2-1-3-7(8)5-6-11-9/h1,3-5,9,11H,2,6H2. The van der Waals surface area contributed by atoms with E-state index in [0.29, 0.717) is 4.95 Å². The number of hydrogen-bond acceptors (Lipinski definition) is 1. The maximum absolute atomic E-state index is 3.58. The monoisotopic (exact) mass is 211 g/mol. The summed E-state index contributed by atoms with van der Waals surface area (Å²) in [6.45, 7) is 0.965. The molecule has 2 rings (SSSR count). The van der Waals surface area contributed by atoms with Gasteiger partial charge >= 0.3 is 0 Å². The Morgan fingerprint density at radius 2 is 2.36 bits per heavy atom. The number of rotatable bonds is 0. The molecule has 0 saturated carbocycles. The molecule has 1 aliphatic carbocycles. The molecular formula is C9H10BrN. The van der Waals surface area contributed by atoms with Gasteiger partial charge < -0.3 is 0 Å². The van der Waals surface area contributed by atoms with Crippen LogP contribution in [-0.2, 0) is 0 Å². The highest BCUT2D eigenvalue weighted by molar-refractivity contribution is 9.09. The Hall–Kier alpha value is -0.340. The van der Waals surface area contributed by atoms with E-state index in [2.05, 4.69) is 45.6 Å². The van der Waals surface area contributed by atoms with Crippen LogP contribution in [0.3, 0.4) is 0 Å². The van der Waals surface area contributed by atoms with E-state index in [1.807, 2.05) is 0 Å². The third-order valence-electron chi connectivity index (χ3n) is 2.00. The summed E-state index contributed by atoms with van der Waals surface area (Å²) in [7, 11) is 0. The van der Waals surface area contributed by atoms with Crippen molar-refractivity contribution in [2.75, 3.05) is 6.54 Å². The smallest absolute Gasteiger partial charge is 0.0891 e. The number of allylic oxidation sites excluding steroid dienone is 3. The molecule has 58 valence electrons. The molecule has 2 heteroatoms. The lowest BCUT2D eigenvalue weighted by molar-refractivity contribution is 0.756. The molecule has 0 aromatic carbocycles. The summed E-state index contributed by atoms with van der Waals surface area (Å²) in [6, 6.07) is 0. The van der Waals surface area contributed by atoms with Crippen molar-refractivity contribution in [3.05, 3.63) is 35.5 Å². The van der Waals surface area contributed by atoms with Gasteiger partial charge in [0.05, 0.1) is 4.95 Å². The first-order valence-electron chi connectivity index (χ1n) is 3.82. The molecule has 1 N–H and O–H groups in total. The second-order valence-electron chi connectivity index (χ2n) is 2.73. The van der Waals surface area contributed by atoms with Gasteiger partial charge in [0.2, 0.25) is 0 Å². The molecule has 0 spiro atoms. The van der Waals surface area contributed by atoms with Gasteiger partial charge in [-0.25, -0.2) is 0 Å². The van der Waals surface area contributed by atoms with E-state index in [4.69, 9.17) is 0 Å². The number of hydrogen-bond donors (Lipinski definition) is 1. The van der Waals surface area contributed by atoms with E-state index in [0.717, 1.165) is 13.0 Å². The first-order valence-corrected chi connectivity index (χ1v) is 4.74. The van der Waals surface area contributed by atoms with Gasteiger partial charge in [0, 0.05) is 6.54 Å². The molecule has 0 radical (unpaired) electrons. The molecule has 0 aromatic rings. The van der Waals surface area contributed by atoms with Crippen molar-refractivity contribution in [2.45, 2.75) is 11.4 Å². The number of nitrogens with one attached hydrogen (secondary N) is 1. The fourth-order valence-electron chi connectivity index (χ4n) is 1.42. The average molecular weight is 212 g/mol. The Morgan fingerprint density at radius 3 is 3.18 bits per heavy atom. The second-order valence-corrected chi connectivity index (χ2v) is 3.64. The van der Waals surface area contributed by atoms with Crippen LogP contribution in [-0.4, -0.2) is 11.5 Å². The zero-order valence-corrected chi connectivity index (χ0v) is 7.76. The lowest BCUT2D eigenvalue weighted by Crippen LogP contribution is -2.30. The van der Waals surface area contributed by atoms with Crippen LogP contribution in [0.25, 0.3) is 0 Å². The van der Waals surface area contributed by atoms with Crippen LogP contribution in [0.5, 0.6) is 0 Å². The minimum Gasteiger partial charge on any atom is -0.298 e. The zero-order valence-electron chi connectivity index (χ0n) is 6.18. The summed E-state index contributed by atoms with van der Waals surface area (Å²) in [5, 5.41) is 3.32. The quantitative estimate of drug-likeness (QED) is 0.479. The zero-order chi connectivity index (χ0) is 7.68. The predicted molar refractivity (Wildman–Crippen MR) is 50.6 cm³/mol. The summed E-state index contributed by atoms with van der Waals surface area (Å²) in [5.74, 6) is 0. The summed E-state index contributed by atoms with van der Waals surface area (Å²) in [4.78, 5) is 0.354. The summed E-state index contributed by atoms with van der Waals surface area (Å²) >= 11 is 3.58. The van der Waals surface area contributed by atoms with Gasteiger partial charge in [0.15, 0.2) is 0 Å². The van der Waals surface area contributed by atoms with Crippen molar-refractivity contribution >= 4 is 15.9 Å². The van der Waals surface area contributed by atoms with Gasteiger partial charge in [-0.1, -0.05) is 40.2 Å². The minimum absolute atomic E-state index is 0.354. The molecule has 1 unspecified atom stereocenters. The highest BCUT2D eigenvalue weighted by Gasteiger charge is 2.17. The Kier molecular flexibility index (Phi) is 1.96. The molecule has 0 amide bonds. The molecule has 1 heterocycles. The van der Waals surface area contributed by atoms with Gasteiger partial charge in [0.25, 0.3) is 0 Å². The largest absolute Gasteiger partial charge is 0.298 e. The molecule has 0 fully saturated rings. The van der Waals surface area contributed by atoms with E-state index in [1.165, 1.54) is 11.1 Å². The van der Waals surface area contributed by atoms with E-state index < -0.39 is 0 Å². The first-order chi connectivity index (χ1) is 5.38. The lowest BCUT2D eigenvalue weighted by Gasteiger charge is -2.23. The van der Waals surface area contributed by atoms with E-state index in [9.17, 15) is 0 Å². The van der Waals surface area contributed by atoms with Crippen LogP contribution >= 0.6 is 15.9 Å². The minimum atomic E-state index is 0.354. The van der Waals surface area contributed by atoms with Gasteiger partial charge in [-0.2, -0.15) is 0 Å². The molecule has 0 saturated heterocycles. The summed E-state index contributed by atoms with van der Waals surface area (Å²) < 4.78 is 0. The topological polar surface area (TPSA) is 12.0 Å². The van der Waals surface area contributed by atoms with E-state index >= 15 is 0 Å². The van der Waals surface area contributed by atoms with Crippen molar-refractivity contribution in [3.8, 4) is 0 Å². The molecular weight excluding hydrogens is 202 g/mol. The Morgan fingerprint density at radius 1 is 1.45 bits per heavy atom. The molecule has 1 nitrogen and oxygen atoms in total. The Balaban J connectivity index is 2.34. The van der Waals surface area contributed by atoms with Crippen LogP contribution in [0.1, 0.15) is 6.42 Å². The third-order valence-corrected chi connectivity index (χ3v) is 2.81. The highest BCUT2D eigenvalue weighted by Crippen LogP contribution is 2.26. The highest BCUT2D eigenvalue weighted by atomic mass is 79.9. The van der Waals surface area contributed by atoms with Crippen LogP contribution in [0.15, 0.2) is 35.5 Å². The molecule has 0 bridgehead atoms. The van der Waals surface area contributed by atoms with Crippen molar-refractivity contribution < 1.29 is 0 Å². The van der Waals surface area contributed by atoms with Gasteiger partial charge in [-0.15, -0.1) is 0 Å². The number of halogens is 1. The fourth-order valence-corrected chi connectivity index (χ4v) is 2.06. The van der Waals surface area contributed by atoms with Crippen molar-refractivity contribution in [2.24, 2.45) is 0 Å². The SMILES string of the molecule is BrC1NCC=C2C=CCC=C21. The predicted octanol–water partition coefficient (Wildman–Crippen LogP) is 2.12. The summed E-state index contributed by atoms with van der Waals surface area (Å²) in [5.41, 5.74) is 2.76. The van der Waals surface area contributed by atoms with E-state index in [1.54, 1.807) is 0 Å². The van der Waals surface area contributed by atoms with Crippen molar-refractivity contribution in [1.29, 1.82) is 0 Å². The van der Waals surface area contributed by atoms with Crippen LogP contribution in [0, 0.1) is 0 Å². The lowest BCUT2D eigenvalue weighted by atomic mass is 9.97. The van der Waals surface area contributed by atoms with Crippen molar-refractivity contribution in [3.63, 3.8) is 0 Å². The number of fused-ring (bicyclic) bond motifs is 1. The fraction of sp³-hybridized carbons (Fsp3) is 0.333. The third kappa shape index (κ3) is 1.33. The van der Waals surface area contributed by atoms with Gasteiger partial charge in [-0.3, -0.25) is 5.32 Å². The van der Waals surface area contributed by atoms with Crippen LogP contribution < -0.4 is 5.32 Å². The molecule has 11 heavy (non-hydrogen) atoms. The van der Waals surface area contributed by atoms with Gasteiger partial charge in [-0.05, 0) is 17.6 Å². The second kappa shape index (κ2) is 2.95.